The molecule has 4 aliphatic rings. The number of amides is 6. The fourth-order valence-corrected chi connectivity index (χ4v) is 10.1. The lowest BCUT2D eigenvalue weighted by Gasteiger charge is -2.42. The number of benzene rings is 3. The van der Waals surface area contributed by atoms with Crippen LogP contribution in [0, 0.1) is 5.82 Å². The third-order valence-corrected chi connectivity index (χ3v) is 13.8. The maximum absolute atomic E-state index is 16.6. The molecule has 6 amide bonds. The number of carbonyl (C=O) groups excluding carboxylic acids is 5. The number of hydrogen-bond acceptors (Lipinski definition) is 7. The Kier molecular flexibility index (Phi) is 12.6. The molecular formula is C49H53ClFN9O5. The van der Waals surface area contributed by atoms with Gasteiger partial charge < -0.3 is 19.7 Å². The summed E-state index contributed by atoms with van der Waals surface area (Å²) in [7, 11) is 3.34. The van der Waals surface area contributed by atoms with Crippen molar-refractivity contribution in [3.05, 3.63) is 112 Å². The second-order valence-electron chi connectivity index (χ2n) is 17.7. The van der Waals surface area contributed by atoms with Gasteiger partial charge in [0, 0.05) is 114 Å². The molecule has 16 heteroatoms. The molecule has 3 aliphatic heterocycles. The molecular weight excluding hydrogens is 849 g/mol. The Morgan fingerprint density at radius 2 is 1.66 bits per heavy atom. The summed E-state index contributed by atoms with van der Waals surface area (Å²) in [5.41, 5.74) is 5.57. The van der Waals surface area contributed by atoms with Crippen LogP contribution < -0.4 is 10.2 Å². The first-order chi connectivity index (χ1) is 31.4. The van der Waals surface area contributed by atoms with Gasteiger partial charge >= 0.3 is 6.03 Å². The number of halogens is 2. The van der Waals surface area contributed by atoms with Crippen LogP contribution in [0.5, 0.6) is 0 Å². The molecule has 2 saturated heterocycles. The molecule has 0 atom stereocenters. The second kappa shape index (κ2) is 18.6. The molecule has 0 radical (unpaired) electrons. The van der Waals surface area contributed by atoms with Gasteiger partial charge in [-0.1, -0.05) is 41.9 Å². The monoisotopic (exact) mass is 901 g/mol. The Morgan fingerprint density at radius 1 is 0.892 bits per heavy atom. The highest BCUT2D eigenvalue weighted by molar-refractivity contribution is 6.34. The average molecular weight is 902 g/mol. The Balaban J connectivity index is 0.851. The zero-order chi connectivity index (χ0) is 45.4. The van der Waals surface area contributed by atoms with Crippen LogP contribution in [0.15, 0.2) is 79.1 Å². The third-order valence-electron chi connectivity index (χ3n) is 13.5. The molecule has 0 unspecified atom stereocenters. The average Bonchev–Trinajstić information content (AvgIpc) is 4.03. The van der Waals surface area contributed by atoms with Crippen LogP contribution in [-0.4, -0.2) is 130 Å². The smallest absolute Gasteiger partial charge is 0.328 e. The summed E-state index contributed by atoms with van der Waals surface area (Å²) in [5.74, 6) is -0.754. The number of carbonyl (C=O) groups is 5. The zero-order valence-electron chi connectivity index (χ0n) is 36.7. The van der Waals surface area contributed by atoms with Gasteiger partial charge in [-0.05, 0) is 96.7 Å². The van der Waals surface area contributed by atoms with Gasteiger partial charge in [-0.3, -0.25) is 39.0 Å². The molecule has 5 aromatic rings. The van der Waals surface area contributed by atoms with Gasteiger partial charge in [0.2, 0.25) is 11.8 Å². The van der Waals surface area contributed by atoms with E-state index < -0.39 is 11.8 Å². The molecule has 3 aromatic carbocycles. The van der Waals surface area contributed by atoms with Gasteiger partial charge in [0.1, 0.15) is 5.69 Å². The Bertz CT molecular complexity index is 2660. The maximum Gasteiger partial charge on any atom is 0.328 e. The van der Waals surface area contributed by atoms with Crippen molar-refractivity contribution in [3.63, 3.8) is 0 Å². The number of piperazine rings is 1. The molecule has 338 valence electrons. The predicted octanol–water partition coefficient (Wildman–Crippen LogP) is 7.16. The number of aryl methyl sites for hydroxylation is 1. The minimum atomic E-state index is -0.547. The Labute approximate surface area is 382 Å². The Morgan fingerprint density at radius 3 is 2.37 bits per heavy atom. The van der Waals surface area contributed by atoms with E-state index in [9.17, 15) is 24.0 Å². The highest BCUT2D eigenvalue weighted by Crippen LogP contribution is 2.40. The number of aromatic amines is 1. The number of aromatic nitrogens is 3. The Hall–Kier alpha value is -6.32. The van der Waals surface area contributed by atoms with Crippen molar-refractivity contribution in [2.45, 2.75) is 63.5 Å². The molecule has 2 N–H and O–H groups in total. The topological polar surface area (TPSA) is 147 Å². The van der Waals surface area contributed by atoms with Crippen LogP contribution in [0.2, 0.25) is 5.02 Å². The summed E-state index contributed by atoms with van der Waals surface area (Å²) in [5, 5.41) is 7.48. The van der Waals surface area contributed by atoms with E-state index in [2.05, 4.69) is 44.6 Å². The van der Waals surface area contributed by atoms with Crippen molar-refractivity contribution in [1.29, 1.82) is 0 Å². The van der Waals surface area contributed by atoms with Crippen LogP contribution >= 0.6 is 11.6 Å². The van der Waals surface area contributed by atoms with Gasteiger partial charge in [0.15, 0.2) is 5.82 Å². The predicted molar refractivity (Wildman–Crippen MR) is 247 cm³/mol. The van der Waals surface area contributed by atoms with E-state index in [1.54, 1.807) is 54.1 Å². The molecule has 5 heterocycles. The molecule has 2 aromatic heterocycles. The van der Waals surface area contributed by atoms with Crippen molar-refractivity contribution >= 4 is 63.4 Å². The van der Waals surface area contributed by atoms with Gasteiger partial charge in [-0.25, -0.2) is 9.18 Å². The van der Waals surface area contributed by atoms with E-state index in [1.165, 1.54) is 15.4 Å². The second-order valence-corrected chi connectivity index (χ2v) is 18.1. The standard InChI is InChI=1S/C49H53ClFN9O5/c1-55(2)48(64)41-29-39-37(28-38(45(51)46(39)53-41)35-5-3-19-58(30-35)44(62)17-21-59-20-4-18-52-59)33-8-6-31(7-9-33)32-10-13-36(14-11-32)56-23-25-57(26-24-56)47(63)34-12-15-40(50)42(27-34)60-22-16-43(61)54-49(60)65/h4-9,12,15,18,20,27-29,32,36,53H,3,10-11,13-14,16-17,19,21-26,30H2,1-2H3,(H,54,61,65). The number of rotatable bonds is 10. The fourth-order valence-electron chi connectivity index (χ4n) is 9.87. The molecule has 0 spiro atoms. The number of imide groups is 1. The van der Waals surface area contributed by atoms with Gasteiger partial charge in [0.05, 0.1) is 16.2 Å². The lowest BCUT2D eigenvalue weighted by molar-refractivity contribution is -0.131. The maximum atomic E-state index is 16.6. The van der Waals surface area contributed by atoms with Crippen LogP contribution in [0.25, 0.3) is 27.6 Å². The van der Waals surface area contributed by atoms with E-state index in [0.29, 0.717) is 83.9 Å². The van der Waals surface area contributed by atoms with Gasteiger partial charge in [-0.2, -0.15) is 5.10 Å². The third kappa shape index (κ3) is 9.17. The highest BCUT2D eigenvalue weighted by atomic mass is 35.5. The molecule has 65 heavy (non-hydrogen) atoms. The fraction of sp³-hybridized carbons (Fsp3) is 0.388. The normalized spacial score (nSPS) is 19.6. The van der Waals surface area contributed by atoms with Crippen molar-refractivity contribution in [3.8, 4) is 11.1 Å². The number of urea groups is 1. The van der Waals surface area contributed by atoms with E-state index in [0.717, 1.165) is 55.5 Å². The van der Waals surface area contributed by atoms with Crippen LogP contribution in [-0.2, 0) is 16.1 Å². The van der Waals surface area contributed by atoms with Gasteiger partial charge in [-0.15, -0.1) is 0 Å². The quantitative estimate of drug-likeness (QED) is 0.151. The number of anilines is 1. The summed E-state index contributed by atoms with van der Waals surface area (Å²) in [6, 6.07) is 18.8. The van der Waals surface area contributed by atoms with E-state index in [-0.39, 0.29) is 48.7 Å². The molecule has 1 saturated carbocycles. The summed E-state index contributed by atoms with van der Waals surface area (Å²) in [4.78, 5) is 76.3. The van der Waals surface area contributed by atoms with Crippen LogP contribution in [0.3, 0.4) is 0 Å². The first-order valence-corrected chi connectivity index (χ1v) is 22.9. The summed E-state index contributed by atoms with van der Waals surface area (Å²) >= 11 is 6.43. The minimum Gasteiger partial charge on any atom is -0.348 e. The lowest BCUT2D eigenvalue weighted by atomic mass is 9.80. The van der Waals surface area contributed by atoms with E-state index >= 15 is 4.39 Å². The summed E-state index contributed by atoms with van der Waals surface area (Å²) < 4.78 is 18.4. The molecule has 0 bridgehead atoms. The molecule has 3 fully saturated rings. The highest BCUT2D eigenvalue weighted by Gasteiger charge is 2.32. The van der Waals surface area contributed by atoms with Gasteiger partial charge in [0.25, 0.3) is 11.8 Å². The number of nitrogens with zero attached hydrogens (tertiary/aromatic N) is 7. The van der Waals surface area contributed by atoms with E-state index in [4.69, 9.17) is 11.6 Å². The molecule has 1 aliphatic carbocycles. The largest absolute Gasteiger partial charge is 0.348 e. The SMILES string of the molecule is CN(C)C(=O)c1cc2c(-c3ccc(C4CCC(N5CCN(C(=O)c6ccc(Cl)c(N7CCC(=O)NC7=O)c6)CC5)CC4)cc3)cc(C3=CCCN(C(=O)CCn4cccn4)C3)c(F)c2[nH]1. The van der Waals surface area contributed by atoms with Crippen LogP contribution in [0.1, 0.15) is 82.8 Å². The van der Waals surface area contributed by atoms with Crippen molar-refractivity contribution in [2.75, 3.05) is 64.8 Å². The molecule has 9 rings (SSSR count). The number of fused-ring (bicyclic) bond motifs is 1. The van der Waals surface area contributed by atoms with Crippen molar-refractivity contribution in [2.24, 2.45) is 0 Å². The van der Waals surface area contributed by atoms with E-state index in [1.807, 2.05) is 29.3 Å². The number of nitrogens with one attached hydrogen (secondary N) is 2. The first kappa shape index (κ1) is 43.9. The molecule has 14 nitrogen and oxygen atoms in total. The summed E-state index contributed by atoms with van der Waals surface area (Å²) in [6.07, 6.45) is 10.8. The first-order valence-electron chi connectivity index (χ1n) is 22.5. The number of H-pyrrole nitrogens is 1. The lowest BCUT2D eigenvalue weighted by Crippen LogP contribution is -2.52. The van der Waals surface area contributed by atoms with Crippen molar-refractivity contribution < 1.29 is 28.4 Å². The van der Waals surface area contributed by atoms with Crippen LogP contribution in [0.4, 0.5) is 14.9 Å². The summed E-state index contributed by atoms with van der Waals surface area (Å²) in [6.45, 7) is 4.27. The minimum absolute atomic E-state index is 0.0103. The number of hydrogen-bond donors (Lipinski definition) is 2. The zero-order valence-corrected chi connectivity index (χ0v) is 37.5. The van der Waals surface area contributed by atoms with Crippen molar-refractivity contribution in [1.82, 2.24) is 39.7 Å².